The SMILES string of the molecule is CN(C)C(=O)c1cc(O)c(-c2ccc(N(C)[C@H]3C[C@@H]4CC[C@@H](C4)[C@H]3F)nn2)cc1F. The molecule has 4 rings (SSSR count). The second-order valence-electron chi connectivity index (χ2n) is 8.62. The highest BCUT2D eigenvalue weighted by Gasteiger charge is 2.44. The van der Waals surface area contributed by atoms with Crippen LogP contribution in [0.2, 0.25) is 0 Å². The van der Waals surface area contributed by atoms with Crippen molar-refractivity contribution in [1.82, 2.24) is 15.1 Å². The second kappa shape index (κ2) is 7.81. The van der Waals surface area contributed by atoms with Crippen molar-refractivity contribution in [3.8, 4) is 17.0 Å². The highest BCUT2D eigenvalue weighted by Crippen LogP contribution is 2.45. The van der Waals surface area contributed by atoms with Crippen molar-refractivity contribution in [2.45, 2.75) is 37.9 Å². The van der Waals surface area contributed by atoms with E-state index in [1.165, 1.54) is 19.0 Å². The van der Waals surface area contributed by atoms with Crippen LogP contribution in [0.25, 0.3) is 11.3 Å². The Labute approximate surface area is 174 Å². The van der Waals surface area contributed by atoms with Crippen LogP contribution in [0, 0.1) is 17.7 Å². The van der Waals surface area contributed by atoms with Crippen molar-refractivity contribution < 1.29 is 18.7 Å². The van der Waals surface area contributed by atoms with E-state index in [-0.39, 0.29) is 34.5 Å². The Hall–Kier alpha value is -2.77. The van der Waals surface area contributed by atoms with Crippen molar-refractivity contribution in [1.29, 1.82) is 0 Å². The van der Waals surface area contributed by atoms with Crippen LogP contribution in [0.5, 0.6) is 5.75 Å². The average molecular weight is 416 g/mol. The molecule has 2 bridgehead atoms. The molecule has 1 heterocycles. The molecule has 1 aromatic carbocycles. The van der Waals surface area contributed by atoms with Gasteiger partial charge in [0, 0.05) is 26.7 Å². The van der Waals surface area contributed by atoms with Gasteiger partial charge in [-0.25, -0.2) is 8.78 Å². The number of amides is 1. The van der Waals surface area contributed by atoms with Crippen LogP contribution in [0.4, 0.5) is 14.6 Å². The molecular weight excluding hydrogens is 390 g/mol. The summed E-state index contributed by atoms with van der Waals surface area (Å²) in [5, 5.41) is 18.6. The van der Waals surface area contributed by atoms with Crippen molar-refractivity contribution in [2.75, 3.05) is 26.0 Å². The summed E-state index contributed by atoms with van der Waals surface area (Å²) >= 11 is 0. The molecule has 0 saturated heterocycles. The van der Waals surface area contributed by atoms with Gasteiger partial charge in [-0.3, -0.25) is 4.79 Å². The van der Waals surface area contributed by atoms with Crippen LogP contribution in [-0.4, -0.2) is 59.5 Å². The number of anilines is 1. The molecule has 1 aromatic heterocycles. The minimum absolute atomic E-state index is 0.131. The maximum atomic E-state index is 14.9. The second-order valence-corrected chi connectivity index (χ2v) is 8.62. The monoisotopic (exact) mass is 416 g/mol. The lowest BCUT2D eigenvalue weighted by atomic mass is 9.83. The number of phenols is 1. The first-order valence-corrected chi connectivity index (χ1v) is 10.2. The van der Waals surface area contributed by atoms with Crippen molar-refractivity contribution >= 4 is 11.7 Å². The van der Waals surface area contributed by atoms with Gasteiger partial charge in [-0.1, -0.05) is 0 Å². The van der Waals surface area contributed by atoms with Gasteiger partial charge in [-0.2, -0.15) is 0 Å². The molecule has 2 aliphatic rings. The van der Waals surface area contributed by atoms with E-state index >= 15 is 0 Å². The Bertz CT molecular complexity index is 951. The number of nitrogens with zero attached hydrogens (tertiary/aromatic N) is 4. The zero-order chi connectivity index (χ0) is 21.6. The van der Waals surface area contributed by atoms with Gasteiger partial charge < -0.3 is 14.9 Å². The quantitative estimate of drug-likeness (QED) is 0.824. The lowest BCUT2D eigenvalue weighted by molar-refractivity contribution is 0.0822. The Morgan fingerprint density at radius 1 is 1.13 bits per heavy atom. The fourth-order valence-electron chi connectivity index (χ4n) is 4.77. The number of rotatable bonds is 4. The van der Waals surface area contributed by atoms with E-state index in [2.05, 4.69) is 10.2 Å². The molecule has 30 heavy (non-hydrogen) atoms. The van der Waals surface area contributed by atoms with E-state index in [9.17, 15) is 18.7 Å². The van der Waals surface area contributed by atoms with E-state index in [1.807, 2.05) is 11.9 Å². The Balaban J connectivity index is 1.56. The summed E-state index contributed by atoms with van der Waals surface area (Å²) in [5.74, 6) is -0.310. The third kappa shape index (κ3) is 3.59. The largest absolute Gasteiger partial charge is 0.507 e. The Kier molecular flexibility index (Phi) is 5.34. The van der Waals surface area contributed by atoms with Crippen molar-refractivity contribution in [2.24, 2.45) is 11.8 Å². The van der Waals surface area contributed by atoms with Gasteiger partial charge in [0.1, 0.15) is 17.7 Å². The molecule has 2 aliphatic carbocycles. The molecule has 1 amide bonds. The number of phenolic OH excluding ortho intramolecular Hbond substituents is 1. The smallest absolute Gasteiger partial charge is 0.256 e. The zero-order valence-corrected chi connectivity index (χ0v) is 17.3. The summed E-state index contributed by atoms with van der Waals surface area (Å²) in [5.41, 5.74) is 0.197. The molecule has 2 fully saturated rings. The highest BCUT2D eigenvalue weighted by molar-refractivity contribution is 5.95. The molecule has 6 nitrogen and oxygen atoms in total. The molecule has 0 aliphatic heterocycles. The first-order valence-electron chi connectivity index (χ1n) is 10.2. The number of hydrogen-bond donors (Lipinski definition) is 1. The summed E-state index contributed by atoms with van der Waals surface area (Å²) in [7, 11) is 4.84. The number of aromatic hydroxyl groups is 1. The van der Waals surface area contributed by atoms with E-state index in [4.69, 9.17) is 0 Å². The minimum Gasteiger partial charge on any atom is -0.507 e. The normalized spacial score (nSPS) is 25.2. The predicted octanol–water partition coefficient (Wildman–Crippen LogP) is 3.65. The average Bonchev–Trinajstić information content (AvgIpc) is 3.14. The summed E-state index contributed by atoms with van der Waals surface area (Å²) in [6, 6.07) is 5.27. The summed E-state index contributed by atoms with van der Waals surface area (Å²) in [4.78, 5) is 15.1. The molecule has 1 N–H and O–H groups in total. The number of hydrogen-bond acceptors (Lipinski definition) is 5. The van der Waals surface area contributed by atoms with Gasteiger partial charge in [-0.15, -0.1) is 10.2 Å². The van der Waals surface area contributed by atoms with Crippen LogP contribution in [0.1, 0.15) is 36.0 Å². The van der Waals surface area contributed by atoms with Crippen molar-refractivity contribution in [3.05, 3.63) is 35.6 Å². The van der Waals surface area contributed by atoms with Gasteiger partial charge in [0.05, 0.1) is 17.3 Å². The fraction of sp³-hybridized carbons (Fsp3) is 0.500. The summed E-state index contributed by atoms with van der Waals surface area (Å²) in [6.07, 6.45) is 2.96. The van der Waals surface area contributed by atoms with Gasteiger partial charge in [0.25, 0.3) is 5.91 Å². The number of halogens is 2. The summed E-state index contributed by atoms with van der Waals surface area (Å²) in [6.45, 7) is 0. The van der Waals surface area contributed by atoms with Crippen LogP contribution in [-0.2, 0) is 0 Å². The van der Waals surface area contributed by atoms with E-state index < -0.39 is 17.9 Å². The zero-order valence-electron chi connectivity index (χ0n) is 17.3. The molecule has 4 atom stereocenters. The topological polar surface area (TPSA) is 69.6 Å². The maximum absolute atomic E-state index is 14.9. The molecule has 0 unspecified atom stereocenters. The molecule has 8 heteroatoms. The third-order valence-electron chi connectivity index (χ3n) is 6.48. The van der Waals surface area contributed by atoms with E-state index in [0.29, 0.717) is 11.7 Å². The fourth-order valence-corrected chi connectivity index (χ4v) is 4.77. The molecule has 2 saturated carbocycles. The Morgan fingerprint density at radius 2 is 1.90 bits per heavy atom. The number of benzene rings is 1. The standard InChI is InChI=1S/C22H26F2N4O2/c1-27(2)22(30)14-11-19(29)15(10-16(14)23)17-6-7-20(26-25-17)28(3)18-9-12-4-5-13(8-12)21(18)24/h6-7,10-13,18,21,29H,4-5,8-9H2,1-3H3/t12-,13+,18+,21-/m1/s1. The number of fused-ring (bicyclic) bond motifs is 2. The number of carbonyl (C=O) groups is 1. The van der Waals surface area contributed by atoms with E-state index in [0.717, 1.165) is 37.8 Å². The molecule has 0 radical (unpaired) electrons. The van der Waals surface area contributed by atoms with E-state index in [1.54, 1.807) is 12.1 Å². The third-order valence-corrected chi connectivity index (χ3v) is 6.48. The van der Waals surface area contributed by atoms with Crippen LogP contribution >= 0.6 is 0 Å². The number of aromatic nitrogens is 2. The van der Waals surface area contributed by atoms with Crippen LogP contribution in [0.15, 0.2) is 24.3 Å². The maximum Gasteiger partial charge on any atom is 0.256 e. The first-order chi connectivity index (χ1) is 14.3. The Morgan fingerprint density at radius 3 is 2.57 bits per heavy atom. The predicted molar refractivity (Wildman–Crippen MR) is 110 cm³/mol. The number of alkyl halides is 1. The van der Waals surface area contributed by atoms with Gasteiger partial charge in [0.2, 0.25) is 0 Å². The lowest BCUT2D eigenvalue weighted by Crippen LogP contribution is -2.46. The van der Waals surface area contributed by atoms with Gasteiger partial charge in [0.15, 0.2) is 5.82 Å². The summed E-state index contributed by atoms with van der Waals surface area (Å²) < 4.78 is 29.3. The molecular formula is C22H26F2N4O2. The van der Waals surface area contributed by atoms with Crippen LogP contribution in [0.3, 0.4) is 0 Å². The van der Waals surface area contributed by atoms with Crippen molar-refractivity contribution in [3.63, 3.8) is 0 Å². The lowest BCUT2D eigenvalue weighted by Gasteiger charge is -2.38. The van der Waals surface area contributed by atoms with Gasteiger partial charge >= 0.3 is 0 Å². The van der Waals surface area contributed by atoms with Gasteiger partial charge in [-0.05, 0) is 61.8 Å². The minimum atomic E-state index is -0.879. The first kappa shape index (κ1) is 20.5. The highest BCUT2D eigenvalue weighted by atomic mass is 19.1. The molecule has 160 valence electrons. The molecule has 0 spiro atoms. The molecule has 2 aromatic rings. The van der Waals surface area contributed by atoms with Crippen LogP contribution < -0.4 is 4.90 Å². The number of carbonyl (C=O) groups excluding carboxylic acids is 1.